The van der Waals surface area contributed by atoms with E-state index >= 15 is 0 Å². The van der Waals surface area contributed by atoms with Crippen molar-refractivity contribution >= 4 is 18.0 Å². The molecule has 0 aliphatic heterocycles. The number of rotatable bonds is 4. The standard InChI is InChI=1S/C12H22N2O5/c1-7(8(13)15)18-9(16)12(5,6)14-10(17)19-11(2,3)4/h7H,1-6H3,(H2,13,15)(H,14,17). The average Bonchev–Trinajstić information content (AvgIpc) is 2.12. The second kappa shape index (κ2) is 5.90. The van der Waals surface area contributed by atoms with Gasteiger partial charge in [0.05, 0.1) is 0 Å². The van der Waals surface area contributed by atoms with Crippen molar-refractivity contribution in [2.75, 3.05) is 0 Å². The van der Waals surface area contributed by atoms with Gasteiger partial charge in [-0.25, -0.2) is 9.59 Å². The fourth-order valence-electron chi connectivity index (χ4n) is 0.976. The third-order valence-electron chi connectivity index (χ3n) is 2.01. The number of amides is 2. The van der Waals surface area contributed by atoms with E-state index in [9.17, 15) is 14.4 Å². The predicted molar refractivity (Wildman–Crippen MR) is 68.2 cm³/mol. The molecule has 0 fully saturated rings. The quantitative estimate of drug-likeness (QED) is 0.734. The molecule has 19 heavy (non-hydrogen) atoms. The molecule has 110 valence electrons. The summed E-state index contributed by atoms with van der Waals surface area (Å²) in [7, 11) is 0. The Bertz CT molecular complexity index is 371. The summed E-state index contributed by atoms with van der Waals surface area (Å²) < 4.78 is 9.85. The molecule has 0 spiro atoms. The van der Waals surface area contributed by atoms with Gasteiger partial charge in [0.25, 0.3) is 5.91 Å². The molecule has 2 amide bonds. The molecule has 0 saturated heterocycles. The number of alkyl carbamates (subject to hydrolysis) is 1. The van der Waals surface area contributed by atoms with Gasteiger partial charge >= 0.3 is 12.1 Å². The fourth-order valence-corrected chi connectivity index (χ4v) is 0.976. The van der Waals surface area contributed by atoms with Crippen LogP contribution in [0.1, 0.15) is 41.5 Å². The highest BCUT2D eigenvalue weighted by molar-refractivity contribution is 5.88. The molecule has 0 aliphatic rings. The molecular weight excluding hydrogens is 252 g/mol. The summed E-state index contributed by atoms with van der Waals surface area (Å²) in [5.41, 5.74) is 2.98. The first-order valence-electron chi connectivity index (χ1n) is 5.87. The van der Waals surface area contributed by atoms with Gasteiger partial charge in [0.2, 0.25) is 0 Å². The largest absolute Gasteiger partial charge is 0.451 e. The lowest BCUT2D eigenvalue weighted by Gasteiger charge is -2.27. The molecule has 0 saturated carbocycles. The summed E-state index contributed by atoms with van der Waals surface area (Å²) in [6.07, 6.45) is -1.81. The van der Waals surface area contributed by atoms with Crippen molar-refractivity contribution in [1.29, 1.82) is 0 Å². The third-order valence-corrected chi connectivity index (χ3v) is 2.01. The Morgan fingerprint density at radius 2 is 1.58 bits per heavy atom. The highest BCUT2D eigenvalue weighted by Gasteiger charge is 2.34. The fraction of sp³-hybridized carbons (Fsp3) is 0.750. The summed E-state index contributed by atoms with van der Waals surface area (Å²) in [4.78, 5) is 34.2. The van der Waals surface area contributed by atoms with E-state index in [1.165, 1.54) is 20.8 Å². The first-order valence-corrected chi connectivity index (χ1v) is 5.87. The minimum Gasteiger partial charge on any atom is -0.451 e. The molecule has 0 radical (unpaired) electrons. The van der Waals surface area contributed by atoms with Crippen LogP contribution in [0.2, 0.25) is 0 Å². The van der Waals surface area contributed by atoms with Crippen LogP contribution in [0.15, 0.2) is 0 Å². The van der Waals surface area contributed by atoms with Crippen LogP contribution >= 0.6 is 0 Å². The van der Waals surface area contributed by atoms with Crippen LogP contribution in [0.5, 0.6) is 0 Å². The number of ether oxygens (including phenoxy) is 2. The topological polar surface area (TPSA) is 108 Å². The molecule has 0 aromatic carbocycles. The Balaban J connectivity index is 4.57. The van der Waals surface area contributed by atoms with Gasteiger partial charge in [-0.05, 0) is 41.5 Å². The summed E-state index contributed by atoms with van der Waals surface area (Å²) in [5, 5.41) is 2.37. The number of nitrogens with two attached hydrogens (primary N) is 1. The van der Waals surface area contributed by atoms with Gasteiger partial charge in [-0.3, -0.25) is 4.79 Å². The summed E-state index contributed by atoms with van der Waals surface area (Å²) in [6.45, 7) is 9.33. The van der Waals surface area contributed by atoms with Crippen molar-refractivity contribution in [2.24, 2.45) is 5.73 Å². The van der Waals surface area contributed by atoms with Crippen LogP contribution < -0.4 is 11.1 Å². The van der Waals surface area contributed by atoms with Crippen molar-refractivity contribution in [1.82, 2.24) is 5.32 Å². The molecule has 3 N–H and O–H groups in total. The highest BCUT2D eigenvalue weighted by atomic mass is 16.6. The number of hydrogen-bond acceptors (Lipinski definition) is 5. The van der Waals surface area contributed by atoms with Crippen molar-refractivity contribution in [3.05, 3.63) is 0 Å². The molecular formula is C12H22N2O5. The number of primary amides is 1. The zero-order chi connectivity index (χ0) is 15.4. The molecule has 1 unspecified atom stereocenters. The maximum Gasteiger partial charge on any atom is 0.408 e. The first-order chi connectivity index (χ1) is 8.35. The normalized spacial score (nSPS) is 13.4. The molecule has 7 nitrogen and oxygen atoms in total. The van der Waals surface area contributed by atoms with Crippen LogP contribution in [0, 0.1) is 0 Å². The molecule has 0 aromatic rings. The Hall–Kier alpha value is -1.79. The zero-order valence-electron chi connectivity index (χ0n) is 12.2. The minimum atomic E-state index is -1.33. The average molecular weight is 274 g/mol. The van der Waals surface area contributed by atoms with E-state index in [0.29, 0.717) is 0 Å². The lowest BCUT2D eigenvalue weighted by molar-refractivity contribution is -0.159. The highest BCUT2D eigenvalue weighted by Crippen LogP contribution is 2.11. The van der Waals surface area contributed by atoms with Gasteiger partial charge in [-0.1, -0.05) is 0 Å². The van der Waals surface area contributed by atoms with E-state index in [2.05, 4.69) is 5.32 Å². The Morgan fingerprint density at radius 1 is 1.11 bits per heavy atom. The Morgan fingerprint density at radius 3 is 1.95 bits per heavy atom. The SMILES string of the molecule is CC(OC(=O)C(C)(C)NC(=O)OC(C)(C)C)C(N)=O. The van der Waals surface area contributed by atoms with Gasteiger partial charge in [0, 0.05) is 0 Å². The monoisotopic (exact) mass is 274 g/mol. The molecule has 0 heterocycles. The maximum atomic E-state index is 11.8. The van der Waals surface area contributed by atoms with Gasteiger partial charge in [0.15, 0.2) is 6.10 Å². The molecule has 0 rings (SSSR count). The van der Waals surface area contributed by atoms with Crippen molar-refractivity contribution < 1.29 is 23.9 Å². The minimum absolute atomic E-state index is 0.676. The van der Waals surface area contributed by atoms with Crippen LogP contribution in [-0.4, -0.2) is 35.2 Å². The van der Waals surface area contributed by atoms with Crippen LogP contribution in [-0.2, 0) is 19.1 Å². The number of carbonyl (C=O) groups excluding carboxylic acids is 3. The van der Waals surface area contributed by atoms with Crippen molar-refractivity contribution in [2.45, 2.75) is 58.8 Å². The maximum absolute atomic E-state index is 11.8. The van der Waals surface area contributed by atoms with Gasteiger partial charge in [-0.15, -0.1) is 0 Å². The van der Waals surface area contributed by atoms with Crippen LogP contribution in [0.25, 0.3) is 0 Å². The number of esters is 1. The van der Waals surface area contributed by atoms with E-state index in [4.69, 9.17) is 15.2 Å². The number of nitrogens with one attached hydrogen (secondary N) is 1. The van der Waals surface area contributed by atoms with E-state index in [1.54, 1.807) is 20.8 Å². The smallest absolute Gasteiger partial charge is 0.408 e. The van der Waals surface area contributed by atoms with Crippen LogP contribution in [0.4, 0.5) is 4.79 Å². The number of carbonyl (C=O) groups is 3. The zero-order valence-corrected chi connectivity index (χ0v) is 12.2. The lowest BCUT2D eigenvalue weighted by Crippen LogP contribution is -2.53. The van der Waals surface area contributed by atoms with Gasteiger partial charge in [-0.2, -0.15) is 0 Å². The van der Waals surface area contributed by atoms with E-state index in [-0.39, 0.29) is 0 Å². The van der Waals surface area contributed by atoms with Gasteiger partial charge in [0.1, 0.15) is 11.1 Å². The lowest BCUT2D eigenvalue weighted by atomic mass is 10.1. The summed E-state index contributed by atoms with van der Waals surface area (Å²) in [5.74, 6) is -1.54. The van der Waals surface area contributed by atoms with E-state index in [0.717, 1.165) is 0 Å². The third kappa shape index (κ3) is 6.64. The van der Waals surface area contributed by atoms with E-state index in [1.807, 2.05) is 0 Å². The second-order valence-corrected chi connectivity index (χ2v) is 5.70. The predicted octanol–water partition coefficient (Wildman–Crippen LogP) is 0.707. The van der Waals surface area contributed by atoms with E-state index < -0.39 is 35.2 Å². The van der Waals surface area contributed by atoms with Gasteiger partial charge < -0.3 is 20.5 Å². The molecule has 0 aliphatic carbocycles. The van der Waals surface area contributed by atoms with Crippen molar-refractivity contribution in [3.8, 4) is 0 Å². The number of hydrogen-bond donors (Lipinski definition) is 2. The van der Waals surface area contributed by atoms with Crippen molar-refractivity contribution in [3.63, 3.8) is 0 Å². The summed E-state index contributed by atoms with van der Waals surface area (Å²) in [6, 6.07) is 0. The molecule has 0 aromatic heterocycles. The summed E-state index contributed by atoms with van der Waals surface area (Å²) >= 11 is 0. The Labute approximate surface area is 112 Å². The molecule has 7 heteroatoms. The molecule has 0 bridgehead atoms. The first kappa shape index (κ1) is 17.2. The molecule has 1 atom stereocenters. The Kier molecular flexibility index (Phi) is 5.34. The van der Waals surface area contributed by atoms with Crippen LogP contribution in [0.3, 0.4) is 0 Å². The second-order valence-electron chi connectivity index (χ2n) is 5.70.